The average molecular weight is 347 g/mol. The summed E-state index contributed by atoms with van der Waals surface area (Å²) in [6, 6.07) is 8.69. The standard InChI is InChI=1S/C22H25N3O/c23-21(26)22(11-12-22)24-13-10-19-20(16-6-2-1-3-7-16)17-8-4-5-9-18(17)25(19)15-14-24/h4-6,8-9,14-15H,1-3,7,10-13H2,(H2,23,26). The molecule has 0 saturated heterocycles. The van der Waals surface area contributed by atoms with E-state index in [4.69, 9.17) is 5.73 Å². The van der Waals surface area contributed by atoms with Crippen LogP contribution in [0.3, 0.4) is 0 Å². The Bertz CT molecular complexity index is 946. The molecule has 1 aromatic carbocycles. The minimum Gasteiger partial charge on any atom is -0.368 e. The molecule has 1 aliphatic heterocycles. The first-order chi connectivity index (χ1) is 12.7. The molecule has 3 aliphatic rings. The number of amides is 1. The van der Waals surface area contributed by atoms with Crippen LogP contribution in [0.4, 0.5) is 0 Å². The lowest BCUT2D eigenvalue weighted by Crippen LogP contribution is -2.44. The number of aromatic nitrogens is 1. The molecule has 4 heteroatoms. The number of carbonyl (C=O) groups is 1. The highest BCUT2D eigenvalue weighted by Gasteiger charge is 2.52. The van der Waals surface area contributed by atoms with Gasteiger partial charge in [-0.2, -0.15) is 0 Å². The Morgan fingerprint density at radius 1 is 1.08 bits per heavy atom. The Kier molecular flexibility index (Phi) is 3.49. The predicted molar refractivity (Wildman–Crippen MR) is 105 cm³/mol. The van der Waals surface area contributed by atoms with Gasteiger partial charge in [-0.25, -0.2) is 0 Å². The van der Waals surface area contributed by atoms with Gasteiger partial charge in [-0.05, 0) is 50.2 Å². The van der Waals surface area contributed by atoms with Gasteiger partial charge in [0, 0.05) is 42.0 Å². The van der Waals surface area contributed by atoms with Crippen LogP contribution in [0, 0.1) is 0 Å². The lowest BCUT2D eigenvalue weighted by Gasteiger charge is -2.27. The summed E-state index contributed by atoms with van der Waals surface area (Å²) in [7, 11) is 0. The van der Waals surface area contributed by atoms with E-state index >= 15 is 0 Å². The molecule has 4 nitrogen and oxygen atoms in total. The van der Waals surface area contributed by atoms with Crippen molar-refractivity contribution in [3.05, 3.63) is 47.8 Å². The maximum atomic E-state index is 12.0. The van der Waals surface area contributed by atoms with Crippen LogP contribution in [0.15, 0.2) is 36.5 Å². The second-order valence-corrected chi connectivity index (χ2v) is 7.82. The number of carbonyl (C=O) groups excluding carboxylic acids is 1. The number of nitrogens with zero attached hydrogens (tertiary/aromatic N) is 2. The van der Waals surface area contributed by atoms with Crippen molar-refractivity contribution in [2.75, 3.05) is 6.54 Å². The second-order valence-electron chi connectivity index (χ2n) is 7.82. The van der Waals surface area contributed by atoms with Crippen molar-refractivity contribution in [1.29, 1.82) is 0 Å². The van der Waals surface area contributed by atoms with E-state index in [1.165, 1.54) is 53.4 Å². The molecule has 0 atom stereocenters. The molecule has 2 aliphatic carbocycles. The van der Waals surface area contributed by atoms with Crippen molar-refractivity contribution >= 4 is 28.6 Å². The molecule has 134 valence electrons. The molecule has 0 unspecified atom stereocenters. The summed E-state index contributed by atoms with van der Waals surface area (Å²) in [6.45, 7) is 0.843. The summed E-state index contributed by atoms with van der Waals surface area (Å²) in [4.78, 5) is 14.1. The highest BCUT2D eigenvalue weighted by atomic mass is 16.2. The second kappa shape index (κ2) is 5.76. The van der Waals surface area contributed by atoms with Crippen molar-refractivity contribution in [2.24, 2.45) is 5.73 Å². The zero-order chi connectivity index (χ0) is 17.7. The third-order valence-electron chi connectivity index (χ3n) is 6.34. The first-order valence-corrected chi connectivity index (χ1v) is 9.77. The summed E-state index contributed by atoms with van der Waals surface area (Å²) < 4.78 is 2.33. The van der Waals surface area contributed by atoms with Crippen LogP contribution >= 0.6 is 0 Å². The van der Waals surface area contributed by atoms with Gasteiger partial charge in [0.05, 0.1) is 5.52 Å². The van der Waals surface area contributed by atoms with Crippen LogP contribution in [-0.4, -0.2) is 27.5 Å². The number of hydrogen-bond acceptors (Lipinski definition) is 2. The molecule has 1 saturated carbocycles. The SMILES string of the molecule is NC(=O)C1(N2C=Cn3c(c(C4=CCCCC4)c4ccccc43)CC2)CC1. The summed E-state index contributed by atoms with van der Waals surface area (Å²) >= 11 is 0. The van der Waals surface area contributed by atoms with E-state index in [0.717, 1.165) is 25.8 Å². The molecule has 2 N–H and O–H groups in total. The van der Waals surface area contributed by atoms with Gasteiger partial charge >= 0.3 is 0 Å². The number of nitrogens with two attached hydrogens (primary N) is 1. The lowest BCUT2D eigenvalue weighted by atomic mass is 9.91. The van der Waals surface area contributed by atoms with Crippen molar-refractivity contribution in [3.63, 3.8) is 0 Å². The summed E-state index contributed by atoms with van der Waals surface area (Å²) in [6.07, 6.45) is 14.3. The molecule has 1 aromatic heterocycles. The number of fused-ring (bicyclic) bond motifs is 3. The molecule has 2 aromatic rings. The van der Waals surface area contributed by atoms with Gasteiger partial charge in [-0.15, -0.1) is 0 Å². The number of benzene rings is 1. The minimum absolute atomic E-state index is 0.186. The smallest absolute Gasteiger partial charge is 0.243 e. The summed E-state index contributed by atoms with van der Waals surface area (Å²) in [5, 5.41) is 1.35. The van der Waals surface area contributed by atoms with E-state index < -0.39 is 5.54 Å². The molecule has 1 amide bonds. The molecular formula is C22H25N3O. The first-order valence-electron chi connectivity index (χ1n) is 9.77. The van der Waals surface area contributed by atoms with Gasteiger partial charge in [0.25, 0.3) is 0 Å². The molecule has 0 radical (unpaired) electrons. The van der Waals surface area contributed by atoms with E-state index in [1.807, 2.05) is 0 Å². The quantitative estimate of drug-likeness (QED) is 0.915. The topological polar surface area (TPSA) is 51.3 Å². The number of primary amides is 1. The van der Waals surface area contributed by atoms with Crippen LogP contribution in [0.25, 0.3) is 22.7 Å². The van der Waals surface area contributed by atoms with Crippen molar-refractivity contribution in [2.45, 2.75) is 50.5 Å². The number of allylic oxidation sites excluding steroid dienone is 2. The van der Waals surface area contributed by atoms with Gasteiger partial charge in [-0.1, -0.05) is 24.3 Å². The van der Waals surface area contributed by atoms with Crippen molar-refractivity contribution in [1.82, 2.24) is 9.47 Å². The molecule has 0 spiro atoms. The van der Waals surface area contributed by atoms with Gasteiger partial charge in [-0.3, -0.25) is 4.79 Å². The third-order valence-corrected chi connectivity index (χ3v) is 6.34. The Hall–Kier alpha value is -2.49. The highest BCUT2D eigenvalue weighted by molar-refractivity contribution is 5.96. The van der Waals surface area contributed by atoms with E-state index in [0.29, 0.717) is 0 Å². The normalized spacial score (nSPS) is 21.2. The minimum atomic E-state index is -0.444. The zero-order valence-electron chi connectivity index (χ0n) is 15.1. The molecular weight excluding hydrogens is 322 g/mol. The fraction of sp³-hybridized carbons (Fsp3) is 0.409. The zero-order valence-corrected chi connectivity index (χ0v) is 15.1. The fourth-order valence-electron chi connectivity index (χ4n) is 4.75. The average Bonchev–Trinajstić information content (AvgIpc) is 3.44. The van der Waals surface area contributed by atoms with Crippen LogP contribution in [-0.2, 0) is 11.2 Å². The molecule has 2 heterocycles. The van der Waals surface area contributed by atoms with E-state index in [-0.39, 0.29) is 5.91 Å². The first kappa shape index (κ1) is 15.7. The maximum absolute atomic E-state index is 12.0. The van der Waals surface area contributed by atoms with Gasteiger partial charge < -0.3 is 15.2 Å². The van der Waals surface area contributed by atoms with Crippen molar-refractivity contribution in [3.8, 4) is 0 Å². The number of hydrogen-bond donors (Lipinski definition) is 1. The van der Waals surface area contributed by atoms with Crippen molar-refractivity contribution < 1.29 is 4.79 Å². The Balaban J connectivity index is 1.63. The van der Waals surface area contributed by atoms with Crippen LogP contribution < -0.4 is 5.73 Å². The predicted octanol–water partition coefficient (Wildman–Crippen LogP) is 3.90. The van der Waals surface area contributed by atoms with E-state index in [9.17, 15) is 4.79 Å². The van der Waals surface area contributed by atoms with Crippen LogP contribution in [0.1, 0.15) is 49.8 Å². The number of para-hydroxylation sites is 1. The monoisotopic (exact) mass is 347 g/mol. The Morgan fingerprint density at radius 2 is 1.92 bits per heavy atom. The van der Waals surface area contributed by atoms with Gasteiger partial charge in [0.2, 0.25) is 5.91 Å². The third kappa shape index (κ3) is 2.24. The van der Waals surface area contributed by atoms with Gasteiger partial charge in [0.15, 0.2) is 0 Å². The molecule has 5 rings (SSSR count). The maximum Gasteiger partial charge on any atom is 0.243 e. The van der Waals surface area contributed by atoms with Gasteiger partial charge in [0.1, 0.15) is 5.54 Å². The largest absolute Gasteiger partial charge is 0.368 e. The summed E-state index contributed by atoms with van der Waals surface area (Å²) in [5.41, 5.74) is 10.8. The summed E-state index contributed by atoms with van der Waals surface area (Å²) in [5.74, 6) is -0.186. The number of rotatable bonds is 3. The van der Waals surface area contributed by atoms with Crippen LogP contribution in [0.2, 0.25) is 0 Å². The Morgan fingerprint density at radius 3 is 2.65 bits per heavy atom. The fourth-order valence-corrected chi connectivity index (χ4v) is 4.75. The lowest BCUT2D eigenvalue weighted by molar-refractivity contribution is -0.123. The highest BCUT2D eigenvalue weighted by Crippen LogP contribution is 2.44. The van der Waals surface area contributed by atoms with E-state index in [1.54, 1.807) is 0 Å². The van der Waals surface area contributed by atoms with Crippen LogP contribution in [0.5, 0.6) is 0 Å². The molecule has 26 heavy (non-hydrogen) atoms. The van der Waals surface area contributed by atoms with E-state index in [2.05, 4.69) is 52.2 Å². The Labute approximate surface area is 154 Å². The molecule has 0 bridgehead atoms. The molecule has 1 fully saturated rings.